The lowest BCUT2D eigenvalue weighted by molar-refractivity contribution is 0.153. The molecule has 2 aromatic heterocycles. The lowest BCUT2D eigenvalue weighted by Gasteiger charge is -2.36. The number of halogens is 1. The molecule has 1 aliphatic heterocycles. The number of rotatable bonds is 4. The van der Waals surface area contributed by atoms with Crippen LogP contribution in [0.4, 0.5) is 4.39 Å². The number of pyridine rings is 1. The molecule has 1 aromatic carbocycles. The Balaban J connectivity index is 1.59. The van der Waals surface area contributed by atoms with Crippen LogP contribution >= 0.6 is 11.3 Å². The summed E-state index contributed by atoms with van der Waals surface area (Å²) in [5.74, 6) is -0.155. The molecule has 0 saturated carbocycles. The van der Waals surface area contributed by atoms with Gasteiger partial charge >= 0.3 is 0 Å². The molecule has 4 rings (SSSR count). The van der Waals surface area contributed by atoms with E-state index < -0.39 is 0 Å². The molecule has 25 heavy (non-hydrogen) atoms. The summed E-state index contributed by atoms with van der Waals surface area (Å²) in [6.45, 7) is 3.68. The summed E-state index contributed by atoms with van der Waals surface area (Å²) < 4.78 is 14.2. The summed E-state index contributed by atoms with van der Waals surface area (Å²) >= 11 is 1.57. The van der Waals surface area contributed by atoms with Crippen LogP contribution in [-0.2, 0) is 6.54 Å². The SMILES string of the molecule is Fc1ccc(CN2CCNCC2c2ccncc2)cc1-c1cccs1. The molecule has 128 valence electrons. The van der Waals surface area contributed by atoms with E-state index in [2.05, 4.69) is 27.3 Å². The van der Waals surface area contributed by atoms with Gasteiger partial charge in [0.2, 0.25) is 0 Å². The zero-order chi connectivity index (χ0) is 17.1. The van der Waals surface area contributed by atoms with Crippen LogP contribution in [0.5, 0.6) is 0 Å². The van der Waals surface area contributed by atoms with Crippen LogP contribution in [0.3, 0.4) is 0 Å². The normalized spacial score (nSPS) is 18.4. The number of piperazine rings is 1. The van der Waals surface area contributed by atoms with Gasteiger partial charge in [0.05, 0.1) is 0 Å². The Labute approximate surface area is 151 Å². The Bertz CT molecular complexity index is 820. The van der Waals surface area contributed by atoms with Gasteiger partial charge in [0.15, 0.2) is 0 Å². The Kier molecular flexibility index (Phi) is 4.88. The van der Waals surface area contributed by atoms with Crippen molar-refractivity contribution in [2.75, 3.05) is 19.6 Å². The molecule has 3 heterocycles. The third kappa shape index (κ3) is 3.63. The first kappa shape index (κ1) is 16.4. The van der Waals surface area contributed by atoms with Crippen molar-refractivity contribution >= 4 is 11.3 Å². The quantitative estimate of drug-likeness (QED) is 0.765. The van der Waals surface area contributed by atoms with Gasteiger partial charge < -0.3 is 5.32 Å². The van der Waals surface area contributed by atoms with Crippen LogP contribution < -0.4 is 5.32 Å². The van der Waals surface area contributed by atoms with E-state index in [0.717, 1.165) is 36.6 Å². The molecule has 1 saturated heterocycles. The molecule has 5 heteroatoms. The van der Waals surface area contributed by atoms with Crippen LogP contribution in [0.2, 0.25) is 0 Å². The van der Waals surface area contributed by atoms with E-state index in [9.17, 15) is 4.39 Å². The van der Waals surface area contributed by atoms with Crippen molar-refractivity contribution in [2.24, 2.45) is 0 Å². The molecular formula is C20H20FN3S. The van der Waals surface area contributed by atoms with E-state index in [4.69, 9.17) is 0 Å². The van der Waals surface area contributed by atoms with E-state index in [1.807, 2.05) is 42.0 Å². The van der Waals surface area contributed by atoms with Crippen LogP contribution in [0.25, 0.3) is 10.4 Å². The largest absolute Gasteiger partial charge is 0.314 e. The number of hydrogen-bond donors (Lipinski definition) is 1. The number of aromatic nitrogens is 1. The van der Waals surface area contributed by atoms with Gasteiger partial charge in [-0.05, 0) is 46.8 Å². The molecule has 1 N–H and O–H groups in total. The monoisotopic (exact) mass is 353 g/mol. The second kappa shape index (κ2) is 7.44. The maximum atomic E-state index is 14.2. The highest BCUT2D eigenvalue weighted by Gasteiger charge is 2.24. The van der Waals surface area contributed by atoms with E-state index in [1.54, 1.807) is 17.4 Å². The van der Waals surface area contributed by atoms with Crippen molar-refractivity contribution in [3.8, 4) is 10.4 Å². The van der Waals surface area contributed by atoms with Gasteiger partial charge in [-0.3, -0.25) is 9.88 Å². The average Bonchev–Trinajstić information content (AvgIpc) is 3.19. The minimum Gasteiger partial charge on any atom is -0.314 e. The van der Waals surface area contributed by atoms with Gasteiger partial charge in [-0.15, -0.1) is 11.3 Å². The molecule has 1 atom stereocenters. The molecule has 1 aliphatic rings. The molecule has 1 unspecified atom stereocenters. The second-order valence-corrected chi connectivity index (χ2v) is 7.21. The molecule has 3 nitrogen and oxygen atoms in total. The third-order valence-electron chi connectivity index (χ3n) is 4.65. The van der Waals surface area contributed by atoms with Crippen LogP contribution in [0.15, 0.2) is 60.2 Å². The number of nitrogens with zero attached hydrogens (tertiary/aromatic N) is 2. The summed E-state index contributed by atoms with van der Waals surface area (Å²) in [4.78, 5) is 7.55. The topological polar surface area (TPSA) is 28.2 Å². The highest BCUT2D eigenvalue weighted by atomic mass is 32.1. The lowest BCUT2D eigenvalue weighted by atomic mass is 10.0. The molecule has 0 spiro atoms. The molecule has 0 amide bonds. The minimum absolute atomic E-state index is 0.155. The zero-order valence-corrected chi connectivity index (χ0v) is 14.7. The maximum Gasteiger partial charge on any atom is 0.131 e. The van der Waals surface area contributed by atoms with Crippen molar-refractivity contribution < 1.29 is 4.39 Å². The Morgan fingerprint density at radius 2 is 2.08 bits per heavy atom. The van der Waals surface area contributed by atoms with E-state index >= 15 is 0 Å². The fourth-order valence-corrected chi connectivity index (χ4v) is 4.12. The predicted octanol–water partition coefficient (Wildman–Crippen LogP) is 4.10. The molecule has 1 fully saturated rings. The van der Waals surface area contributed by atoms with E-state index in [-0.39, 0.29) is 5.82 Å². The number of thiophene rings is 1. The maximum absolute atomic E-state index is 14.2. The van der Waals surface area contributed by atoms with E-state index in [1.165, 1.54) is 5.56 Å². The summed E-state index contributed by atoms with van der Waals surface area (Å²) in [6, 6.07) is 13.9. The number of benzene rings is 1. The summed E-state index contributed by atoms with van der Waals surface area (Å²) in [5, 5.41) is 5.45. The van der Waals surface area contributed by atoms with Gasteiger partial charge in [0.25, 0.3) is 0 Å². The fourth-order valence-electron chi connectivity index (χ4n) is 3.38. The first-order chi connectivity index (χ1) is 12.3. The van der Waals surface area contributed by atoms with Gasteiger partial charge in [0, 0.05) is 55.1 Å². The van der Waals surface area contributed by atoms with Gasteiger partial charge in [-0.25, -0.2) is 4.39 Å². The van der Waals surface area contributed by atoms with Crippen LogP contribution in [-0.4, -0.2) is 29.5 Å². The van der Waals surface area contributed by atoms with E-state index in [0.29, 0.717) is 11.6 Å². The van der Waals surface area contributed by atoms with Crippen LogP contribution in [0.1, 0.15) is 17.2 Å². The van der Waals surface area contributed by atoms with Crippen molar-refractivity contribution in [3.63, 3.8) is 0 Å². The third-order valence-corrected chi connectivity index (χ3v) is 5.55. The standard InChI is InChI=1S/C20H20FN3S/c21-18-4-3-15(12-17(18)20-2-1-11-25-20)14-24-10-9-23-13-19(24)16-5-7-22-8-6-16/h1-8,11-12,19,23H,9-10,13-14H2. The second-order valence-electron chi connectivity index (χ2n) is 6.26. The molecule has 0 bridgehead atoms. The first-order valence-electron chi connectivity index (χ1n) is 8.48. The van der Waals surface area contributed by atoms with Crippen molar-refractivity contribution in [2.45, 2.75) is 12.6 Å². The predicted molar refractivity (Wildman–Crippen MR) is 100.0 cm³/mol. The Morgan fingerprint density at radius 1 is 1.20 bits per heavy atom. The highest BCUT2D eigenvalue weighted by Crippen LogP contribution is 2.30. The Hall–Kier alpha value is -2.08. The van der Waals surface area contributed by atoms with Gasteiger partial charge in [-0.2, -0.15) is 0 Å². The first-order valence-corrected chi connectivity index (χ1v) is 9.36. The minimum atomic E-state index is -0.155. The summed E-state index contributed by atoms with van der Waals surface area (Å²) in [6.07, 6.45) is 3.68. The Morgan fingerprint density at radius 3 is 2.88 bits per heavy atom. The van der Waals surface area contributed by atoms with Crippen molar-refractivity contribution in [1.82, 2.24) is 15.2 Å². The molecule has 3 aromatic rings. The average molecular weight is 353 g/mol. The van der Waals surface area contributed by atoms with Crippen molar-refractivity contribution in [3.05, 3.63) is 77.2 Å². The molecule has 0 aliphatic carbocycles. The van der Waals surface area contributed by atoms with Crippen LogP contribution in [0, 0.1) is 5.82 Å². The summed E-state index contributed by atoms with van der Waals surface area (Å²) in [7, 11) is 0. The lowest BCUT2D eigenvalue weighted by Crippen LogP contribution is -2.45. The molecule has 0 radical (unpaired) electrons. The fraction of sp³-hybridized carbons (Fsp3) is 0.250. The smallest absolute Gasteiger partial charge is 0.131 e. The van der Waals surface area contributed by atoms with Gasteiger partial charge in [0.1, 0.15) is 5.82 Å². The number of hydrogen-bond acceptors (Lipinski definition) is 4. The summed E-state index contributed by atoms with van der Waals surface area (Å²) in [5.41, 5.74) is 3.11. The molecular weight excluding hydrogens is 333 g/mol. The highest BCUT2D eigenvalue weighted by molar-refractivity contribution is 7.13. The number of nitrogens with one attached hydrogen (secondary N) is 1. The zero-order valence-electron chi connectivity index (χ0n) is 13.9. The van der Waals surface area contributed by atoms with Crippen molar-refractivity contribution in [1.29, 1.82) is 0 Å². The van der Waals surface area contributed by atoms with Gasteiger partial charge in [-0.1, -0.05) is 12.1 Å².